The number of carbonyl (C=O) groups excluding carboxylic acids is 1. The topological polar surface area (TPSA) is 209 Å². The number of Topliss-reactive ketones (excluding diaryl/α,β-unsaturated/α-hetero) is 1. The van der Waals surface area contributed by atoms with Gasteiger partial charge >= 0.3 is 0 Å². The number of rotatable bonds is 6. The molecule has 0 aliphatic rings. The van der Waals surface area contributed by atoms with E-state index in [1.807, 2.05) is 0 Å². The van der Waals surface area contributed by atoms with Gasteiger partial charge in [-0.05, 0) is 48.7 Å². The van der Waals surface area contributed by atoms with Gasteiger partial charge in [-0.15, -0.1) is 10.2 Å². The van der Waals surface area contributed by atoms with Crippen molar-refractivity contribution in [1.82, 2.24) is 0 Å². The molecule has 3 aromatic rings. The first-order chi connectivity index (χ1) is 15.3. The fraction of sp³-hybridized carbons (Fsp3) is 0.105. The molecule has 6 N–H and O–H groups in total. The smallest absolute Gasteiger partial charge is 0.298 e. The average molecular weight is 495 g/mol. The highest BCUT2D eigenvalue weighted by Crippen LogP contribution is 2.43. The maximum Gasteiger partial charge on any atom is 0.298 e. The van der Waals surface area contributed by atoms with E-state index in [1.165, 1.54) is 12.1 Å². The maximum absolute atomic E-state index is 11.9. The Morgan fingerprint density at radius 1 is 1.00 bits per heavy atom. The number of hydrogen-bond acceptors (Lipinski definition) is 10. The van der Waals surface area contributed by atoms with Gasteiger partial charge in [-0.1, -0.05) is 0 Å². The molecule has 14 heteroatoms. The van der Waals surface area contributed by atoms with Crippen molar-refractivity contribution in [2.75, 3.05) is 18.1 Å². The lowest BCUT2D eigenvalue weighted by molar-refractivity contribution is 0.101. The van der Waals surface area contributed by atoms with E-state index in [2.05, 4.69) is 15.5 Å². The van der Waals surface area contributed by atoms with E-state index in [0.29, 0.717) is 5.69 Å². The van der Waals surface area contributed by atoms with Crippen LogP contribution in [0.3, 0.4) is 0 Å². The lowest BCUT2D eigenvalue weighted by Crippen LogP contribution is -2.08. The Bertz CT molecular complexity index is 1550. The predicted molar refractivity (Wildman–Crippen MR) is 120 cm³/mol. The summed E-state index contributed by atoms with van der Waals surface area (Å²) in [6.07, 6.45) is 0. The summed E-state index contributed by atoms with van der Waals surface area (Å²) in [7, 11) is -8.26. The van der Waals surface area contributed by atoms with Crippen LogP contribution < -0.4 is 11.1 Å². The standard InChI is InChI=1S/C19H18N4O8S2/c1-9(24)12-5-6-14(19(16(12)20)33(29,30)31)22-23-17-15(32(26,27)28)8-10-7-11(21-2)3-4-13(10)18(17)25/h3-8,21,25H,20H2,1-2H3,(H,26,27,28)(H,29,30,31). The number of ketones is 1. The molecular formula is C19H18N4O8S2. The van der Waals surface area contributed by atoms with E-state index in [1.54, 1.807) is 13.1 Å². The lowest BCUT2D eigenvalue weighted by atomic mass is 10.1. The molecule has 12 nitrogen and oxygen atoms in total. The molecule has 0 bridgehead atoms. The minimum absolute atomic E-state index is 0.164. The molecule has 33 heavy (non-hydrogen) atoms. The summed E-state index contributed by atoms with van der Waals surface area (Å²) in [5, 5.41) is 21.2. The summed E-state index contributed by atoms with van der Waals surface area (Å²) in [5.41, 5.74) is 4.31. The Balaban J connectivity index is 2.31. The highest BCUT2D eigenvalue weighted by atomic mass is 32.2. The third kappa shape index (κ3) is 4.63. The second-order valence-electron chi connectivity index (χ2n) is 6.84. The molecule has 0 atom stereocenters. The Hall–Kier alpha value is -3.59. The first kappa shape index (κ1) is 24.1. The van der Waals surface area contributed by atoms with Crippen molar-refractivity contribution in [2.24, 2.45) is 10.2 Å². The van der Waals surface area contributed by atoms with Crippen molar-refractivity contribution in [3.05, 3.63) is 42.0 Å². The minimum Gasteiger partial charge on any atom is -0.505 e. The van der Waals surface area contributed by atoms with Crippen LogP contribution in [-0.2, 0) is 20.2 Å². The van der Waals surface area contributed by atoms with E-state index in [4.69, 9.17) is 5.73 Å². The average Bonchev–Trinajstić information content (AvgIpc) is 2.70. The van der Waals surface area contributed by atoms with Crippen molar-refractivity contribution in [1.29, 1.82) is 0 Å². The van der Waals surface area contributed by atoms with E-state index < -0.39 is 58.6 Å². The van der Waals surface area contributed by atoms with Crippen LogP contribution in [-0.4, -0.2) is 43.9 Å². The predicted octanol–water partition coefficient (Wildman–Crippen LogP) is 3.28. The highest BCUT2D eigenvalue weighted by Gasteiger charge is 2.25. The molecule has 0 saturated carbocycles. The first-order valence-corrected chi connectivity index (χ1v) is 11.9. The summed E-state index contributed by atoms with van der Waals surface area (Å²) >= 11 is 0. The molecule has 0 radical (unpaired) electrons. The largest absolute Gasteiger partial charge is 0.505 e. The van der Waals surface area contributed by atoms with E-state index >= 15 is 0 Å². The summed E-state index contributed by atoms with van der Waals surface area (Å²) in [6, 6.07) is 7.78. The van der Waals surface area contributed by atoms with Crippen LogP contribution in [0.15, 0.2) is 56.4 Å². The molecule has 0 aromatic heterocycles. The minimum atomic E-state index is -4.98. The zero-order valence-corrected chi connectivity index (χ0v) is 18.8. The van der Waals surface area contributed by atoms with Gasteiger partial charge < -0.3 is 16.2 Å². The van der Waals surface area contributed by atoms with E-state index in [9.17, 15) is 35.8 Å². The number of phenols is 1. The van der Waals surface area contributed by atoms with Crippen molar-refractivity contribution < 1.29 is 35.8 Å². The first-order valence-electron chi connectivity index (χ1n) is 9.03. The lowest BCUT2D eigenvalue weighted by Gasteiger charge is -2.11. The zero-order valence-electron chi connectivity index (χ0n) is 17.1. The van der Waals surface area contributed by atoms with Crippen molar-refractivity contribution in [3.8, 4) is 5.75 Å². The number of hydrogen-bond donors (Lipinski definition) is 5. The summed E-state index contributed by atoms with van der Waals surface area (Å²) < 4.78 is 66.8. The zero-order chi connectivity index (χ0) is 24.7. The van der Waals surface area contributed by atoms with Crippen molar-refractivity contribution >= 4 is 59.5 Å². The number of benzene rings is 3. The van der Waals surface area contributed by atoms with Gasteiger partial charge in [-0.25, -0.2) is 0 Å². The van der Waals surface area contributed by atoms with E-state index in [0.717, 1.165) is 25.1 Å². The van der Waals surface area contributed by atoms with Crippen LogP contribution in [0.25, 0.3) is 10.8 Å². The second-order valence-corrected chi connectivity index (χ2v) is 9.59. The summed E-state index contributed by atoms with van der Waals surface area (Å²) in [5.74, 6) is -1.24. The third-order valence-electron chi connectivity index (χ3n) is 4.69. The molecule has 0 aliphatic carbocycles. The number of nitrogen functional groups attached to an aromatic ring is 1. The van der Waals surface area contributed by atoms with Gasteiger partial charge in [-0.2, -0.15) is 16.8 Å². The molecule has 3 rings (SSSR count). The number of phenolic OH excluding ortho intramolecular Hbond substituents is 1. The van der Waals surface area contributed by atoms with Gasteiger partial charge in [0.15, 0.2) is 11.5 Å². The number of aromatic hydroxyl groups is 1. The second kappa shape index (κ2) is 8.40. The van der Waals surface area contributed by atoms with Gasteiger partial charge in [0.1, 0.15) is 21.2 Å². The fourth-order valence-electron chi connectivity index (χ4n) is 3.15. The fourth-order valence-corrected chi connectivity index (χ4v) is 4.57. The number of fused-ring (bicyclic) bond motifs is 1. The van der Waals surface area contributed by atoms with Gasteiger partial charge in [-0.3, -0.25) is 13.9 Å². The third-order valence-corrected chi connectivity index (χ3v) is 6.50. The highest BCUT2D eigenvalue weighted by molar-refractivity contribution is 7.86. The quantitative estimate of drug-likeness (QED) is 0.146. The Morgan fingerprint density at radius 3 is 2.21 bits per heavy atom. The van der Waals surface area contributed by atoms with Crippen LogP contribution in [0.5, 0.6) is 5.75 Å². The number of nitrogens with zero attached hydrogens (tertiary/aromatic N) is 2. The van der Waals surface area contributed by atoms with Crippen molar-refractivity contribution in [2.45, 2.75) is 16.7 Å². The number of anilines is 2. The van der Waals surface area contributed by atoms with Gasteiger partial charge in [0.25, 0.3) is 20.2 Å². The van der Waals surface area contributed by atoms with Gasteiger partial charge in [0.05, 0.1) is 5.69 Å². The molecule has 0 spiro atoms. The molecule has 0 heterocycles. The van der Waals surface area contributed by atoms with Crippen molar-refractivity contribution in [3.63, 3.8) is 0 Å². The van der Waals surface area contributed by atoms with Crippen LogP contribution in [0.2, 0.25) is 0 Å². The monoisotopic (exact) mass is 494 g/mol. The molecule has 3 aromatic carbocycles. The summed E-state index contributed by atoms with van der Waals surface area (Å²) in [4.78, 5) is 9.94. The number of nitrogens with two attached hydrogens (primary N) is 1. The SMILES string of the molecule is CNc1ccc2c(O)c(N=Nc3ccc(C(C)=O)c(N)c3S(=O)(=O)O)c(S(=O)(=O)O)cc2c1. The number of nitrogens with one attached hydrogen (secondary N) is 1. The molecule has 0 saturated heterocycles. The molecule has 174 valence electrons. The molecule has 0 amide bonds. The molecule has 0 fully saturated rings. The van der Waals surface area contributed by atoms with Crippen LogP contribution in [0, 0.1) is 0 Å². The molecule has 0 aliphatic heterocycles. The molecule has 0 unspecified atom stereocenters. The maximum atomic E-state index is 11.9. The van der Waals surface area contributed by atoms with Gasteiger partial charge in [0, 0.05) is 23.7 Å². The Kier molecular flexibility index (Phi) is 6.12. The van der Waals surface area contributed by atoms with Gasteiger partial charge in [0.2, 0.25) is 0 Å². The van der Waals surface area contributed by atoms with Crippen LogP contribution in [0.1, 0.15) is 17.3 Å². The Labute approximate surface area is 188 Å². The van der Waals surface area contributed by atoms with E-state index in [-0.39, 0.29) is 16.3 Å². The van der Waals surface area contributed by atoms with Crippen LogP contribution >= 0.6 is 0 Å². The van der Waals surface area contributed by atoms with Crippen LogP contribution in [0.4, 0.5) is 22.7 Å². The summed E-state index contributed by atoms with van der Waals surface area (Å²) in [6.45, 7) is 1.13. The Morgan fingerprint density at radius 2 is 1.67 bits per heavy atom. The normalized spacial score (nSPS) is 12.4. The molecular weight excluding hydrogens is 476 g/mol. The number of carbonyl (C=O) groups is 1. The number of azo groups is 1.